The quantitative estimate of drug-likeness (QED) is 0.625. The number of hydrogen-bond donors (Lipinski definition) is 2. The van der Waals surface area contributed by atoms with Gasteiger partial charge in [-0.3, -0.25) is 0 Å². The second-order valence-corrected chi connectivity index (χ2v) is 4.57. The van der Waals surface area contributed by atoms with E-state index >= 15 is 0 Å². The lowest BCUT2D eigenvalue weighted by Crippen LogP contribution is -2.24. The van der Waals surface area contributed by atoms with Crippen molar-refractivity contribution >= 4 is 23.8 Å². The zero-order valence-corrected chi connectivity index (χ0v) is 12.4. The lowest BCUT2D eigenvalue weighted by molar-refractivity contribution is 0.224. The number of carbonyl (C=O) groups is 1. The molecule has 0 aliphatic heterocycles. The van der Waals surface area contributed by atoms with Crippen molar-refractivity contribution in [3.8, 4) is 11.5 Å². The van der Waals surface area contributed by atoms with Gasteiger partial charge in [0, 0.05) is 0 Å². The average Bonchev–Trinajstić information content (AvgIpc) is 2.33. The highest BCUT2D eigenvalue weighted by molar-refractivity contribution is 6.32. The topological polar surface area (TPSA) is 85.9 Å². The number of benzene rings is 1. The molecule has 0 aliphatic rings. The number of primary amides is 1. The predicted octanol–water partition coefficient (Wildman–Crippen LogP) is 2.53. The molecule has 0 atom stereocenters. The molecule has 6 nitrogen and oxygen atoms in total. The van der Waals surface area contributed by atoms with E-state index in [4.69, 9.17) is 26.8 Å². The Morgan fingerprint density at radius 1 is 1.55 bits per heavy atom. The molecule has 1 aromatic carbocycles. The highest BCUT2D eigenvalue weighted by atomic mass is 35.5. The van der Waals surface area contributed by atoms with E-state index in [-0.39, 0.29) is 6.10 Å². The maximum Gasteiger partial charge on any atom is 0.332 e. The van der Waals surface area contributed by atoms with Crippen molar-refractivity contribution < 1.29 is 14.3 Å². The first-order valence-corrected chi connectivity index (χ1v) is 6.53. The van der Waals surface area contributed by atoms with Crippen molar-refractivity contribution in [3.05, 3.63) is 22.7 Å². The van der Waals surface area contributed by atoms with Gasteiger partial charge in [-0.2, -0.15) is 5.10 Å². The number of urea groups is 1. The van der Waals surface area contributed by atoms with Gasteiger partial charge in [0.1, 0.15) is 0 Å². The molecule has 0 bridgehead atoms. The van der Waals surface area contributed by atoms with Crippen molar-refractivity contribution in [1.29, 1.82) is 0 Å². The van der Waals surface area contributed by atoms with Crippen LogP contribution in [0.2, 0.25) is 5.02 Å². The molecule has 110 valence electrons. The standard InChI is InChI=1S/C13H18ClN3O3/c1-4-19-11-6-9(7-16-17-13(15)18)5-10(14)12(11)20-8(2)3/h5-8H,4H2,1-3H3,(H3,15,17,18)/b16-7-. The Morgan fingerprint density at radius 2 is 2.25 bits per heavy atom. The molecule has 0 fully saturated rings. The van der Waals surface area contributed by atoms with Gasteiger partial charge >= 0.3 is 6.03 Å². The third-order valence-electron chi connectivity index (χ3n) is 2.07. The number of halogens is 1. The molecule has 7 heteroatoms. The number of rotatable bonds is 6. The zero-order valence-electron chi connectivity index (χ0n) is 11.6. The third kappa shape index (κ3) is 4.97. The molecule has 2 amide bonds. The molecule has 0 saturated heterocycles. The summed E-state index contributed by atoms with van der Waals surface area (Å²) in [4.78, 5) is 10.5. The van der Waals surface area contributed by atoms with Crippen LogP contribution in [0.3, 0.4) is 0 Å². The Bertz CT molecular complexity index is 504. The fraction of sp³-hybridized carbons (Fsp3) is 0.385. The molecule has 0 aromatic heterocycles. The van der Waals surface area contributed by atoms with Crippen LogP contribution in [0, 0.1) is 0 Å². The minimum atomic E-state index is -0.739. The Labute approximate surface area is 122 Å². The Balaban J connectivity index is 3.05. The van der Waals surface area contributed by atoms with Crippen LogP contribution in [0.15, 0.2) is 17.2 Å². The monoisotopic (exact) mass is 299 g/mol. The van der Waals surface area contributed by atoms with Gasteiger partial charge in [0.25, 0.3) is 0 Å². The lowest BCUT2D eigenvalue weighted by Gasteiger charge is -2.16. The van der Waals surface area contributed by atoms with E-state index in [1.807, 2.05) is 20.8 Å². The van der Waals surface area contributed by atoms with Gasteiger partial charge in [0.15, 0.2) is 11.5 Å². The molecule has 0 radical (unpaired) electrons. The smallest absolute Gasteiger partial charge is 0.332 e. The van der Waals surface area contributed by atoms with Gasteiger partial charge in [-0.15, -0.1) is 0 Å². The molecule has 0 aliphatic carbocycles. The summed E-state index contributed by atoms with van der Waals surface area (Å²) in [6, 6.07) is 2.64. The van der Waals surface area contributed by atoms with E-state index in [2.05, 4.69) is 10.5 Å². The van der Waals surface area contributed by atoms with Crippen LogP contribution in [0.25, 0.3) is 0 Å². The van der Waals surface area contributed by atoms with Crippen LogP contribution >= 0.6 is 11.6 Å². The molecule has 0 unspecified atom stereocenters. The van der Waals surface area contributed by atoms with Crippen molar-refractivity contribution in [2.75, 3.05) is 6.61 Å². The van der Waals surface area contributed by atoms with E-state index < -0.39 is 6.03 Å². The van der Waals surface area contributed by atoms with E-state index in [9.17, 15) is 4.79 Å². The summed E-state index contributed by atoms with van der Waals surface area (Å²) in [7, 11) is 0. The number of nitrogens with one attached hydrogen (secondary N) is 1. The Hall–Kier alpha value is -1.95. The largest absolute Gasteiger partial charge is 0.490 e. The molecule has 1 rings (SSSR count). The van der Waals surface area contributed by atoms with Crippen molar-refractivity contribution in [2.45, 2.75) is 26.9 Å². The average molecular weight is 300 g/mol. The van der Waals surface area contributed by atoms with Crippen LogP contribution in [-0.2, 0) is 0 Å². The van der Waals surface area contributed by atoms with Gasteiger partial charge in [0.2, 0.25) is 0 Å². The lowest BCUT2D eigenvalue weighted by atomic mass is 10.2. The van der Waals surface area contributed by atoms with E-state index in [0.717, 1.165) is 0 Å². The number of nitrogens with two attached hydrogens (primary N) is 1. The highest BCUT2D eigenvalue weighted by Crippen LogP contribution is 2.37. The molecule has 1 aromatic rings. The summed E-state index contributed by atoms with van der Waals surface area (Å²) in [5, 5.41) is 4.08. The summed E-state index contributed by atoms with van der Waals surface area (Å²) in [5.41, 5.74) is 7.67. The van der Waals surface area contributed by atoms with Crippen LogP contribution in [0.5, 0.6) is 11.5 Å². The number of ether oxygens (including phenoxy) is 2. The first-order valence-electron chi connectivity index (χ1n) is 6.15. The summed E-state index contributed by atoms with van der Waals surface area (Å²) in [6.45, 7) is 6.14. The molecule has 3 N–H and O–H groups in total. The maximum absolute atomic E-state index is 10.5. The second kappa shape index (κ2) is 7.59. The fourth-order valence-corrected chi connectivity index (χ4v) is 1.71. The first kappa shape index (κ1) is 16.1. The Kier molecular flexibility index (Phi) is 6.11. The molecular formula is C13H18ClN3O3. The summed E-state index contributed by atoms with van der Waals surface area (Å²) in [5.74, 6) is 1.01. The number of amides is 2. The number of hydrogen-bond acceptors (Lipinski definition) is 4. The maximum atomic E-state index is 10.5. The zero-order chi connectivity index (χ0) is 15.1. The minimum Gasteiger partial charge on any atom is -0.490 e. The van der Waals surface area contributed by atoms with Crippen LogP contribution in [0.1, 0.15) is 26.3 Å². The molecular weight excluding hydrogens is 282 g/mol. The SMILES string of the molecule is CCOc1cc(/C=N\NC(N)=O)cc(Cl)c1OC(C)C. The van der Waals surface area contributed by atoms with Crippen molar-refractivity contribution in [1.82, 2.24) is 5.43 Å². The van der Waals surface area contributed by atoms with Crippen LogP contribution < -0.4 is 20.6 Å². The van der Waals surface area contributed by atoms with Gasteiger partial charge < -0.3 is 15.2 Å². The first-order chi connectivity index (χ1) is 9.43. The van der Waals surface area contributed by atoms with Gasteiger partial charge in [-0.25, -0.2) is 10.2 Å². The summed E-state index contributed by atoms with van der Waals surface area (Å²) >= 11 is 6.18. The fourth-order valence-electron chi connectivity index (χ4n) is 1.45. The van der Waals surface area contributed by atoms with Gasteiger partial charge in [-0.05, 0) is 38.5 Å². The van der Waals surface area contributed by atoms with E-state index in [0.29, 0.717) is 28.7 Å². The normalized spacial score (nSPS) is 10.8. The second-order valence-electron chi connectivity index (χ2n) is 4.16. The summed E-state index contributed by atoms with van der Waals surface area (Å²) in [6.07, 6.45) is 1.39. The molecule has 0 heterocycles. The van der Waals surface area contributed by atoms with Gasteiger partial charge in [0.05, 0.1) is 23.9 Å². The Morgan fingerprint density at radius 3 is 2.80 bits per heavy atom. The van der Waals surface area contributed by atoms with E-state index in [1.54, 1.807) is 12.1 Å². The van der Waals surface area contributed by atoms with Crippen molar-refractivity contribution in [2.24, 2.45) is 10.8 Å². The van der Waals surface area contributed by atoms with Crippen molar-refractivity contribution in [3.63, 3.8) is 0 Å². The number of hydrazone groups is 1. The molecule has 20 heavy (non-hydrogen) atoms. The molecule has 0 saturated carbocycles. The predicted molar refractivity (Wildman–Crippen MR) is 78.7 cm³/mol. The van der Waals surface area contributed by atoms with Crippen LogP contribution in [0.4, 0.5) is 4.79 Å². The minimum absolute atomic E-state index is 0.0252. The summed E-state index contributed by atoms with van der Waals surface area (Å²) < 4.78 is 11.1. The highest BCUT2D eigenvalue weighted by Gasteiger charge is 2.13. The molecule has 0 spiro atoms. The van der Waals surface area contributed by atoms with Crippen LogP contribution in [-0.4, -0.2) is 25.0 Å². The number of carbonyl (C=O) groups excluding carboxylic acids is 1. The van der Waals surface area contributed by atoms with E-state index in [1.165, 1.54) is 6.21 Å². The third-order valence-corrected chi connectivity index (χ3v) is 2.35. The number of nitrogens with zero attached hydrogens (tertiary/aromatic N) is 1. The van der Waals surface area contributed by atoms with Gasteiger partial charge in [-0.1, -0.05) is 11.6 Å².